The maximum Gasteiger partial charge on any atom is 0.261 e. The van der Waals surface area contributed by atoms with Crippen LogP contribution in [0.2, 0.25) is 0 Å². The van der Waals surface area contributed by atoms with Gasteiger partial charge in [-0.2, -0.15) is 0 Å². The van der Waals surface area contributed by atoms with Gasteiger partial charge in [0.15, 0.2) is 11.5 Å². The summed E-state index contributed by atoms with van der Waals surface area (Å²) in [5.74, 6) is 1.25. The van der Waals surface area contributed by atoms with E-state index in [-0.39, 0.29) is 11.8 Å². The van der Waals surface area contributed by atoms with Gasteiger partial charge in [-0.1, -0.05) is 12.1 Å². The van der Waals surface area contributed by atoms with Crippen molar-refractivity contribution in [3.8, 4) is 11.5 Å². The highest BCUT2D eigenvalue weighted by atomic mass is 32.1. The van der Waals surface area contributed by atoms with Crippen LogP contribution in [0.25, 0.3) is 0 Å². The Morgan fingerprint density at radius 1 is 1.07 bits per heavy atom. The molecule has 1 aromatic heterocycles. The summed E-state index contributed by atoms with van der Waals surface area (Å²) in [7, 11) is 0. The minimum atomic E-state index is -0.698. The molecule has 0 unspecified atom stereocenters. The number of benzene rings is 1. The van der Waals surface area contributed by atoms with Crippen LogP contribution < -0.4 is 20.1 Å². The van der Waals surface area contributed by atoms with E-state index in [1.54, 1.807) is 6.07 Å². The van der Waals surface area contributed by atoms with Gasteiger partial charge in [0.2, 0.25) is 5.91 Å². The Morgan fingerprint density at radius 2 is 1.81 bits per heavy atom. The molecular formula is C20H24N2O4S. The van der Waals surface area contributed by atoms with E-state index in [1.807, 2.05) is 43.5 Å². The van der Waals surface area contributed by atoms with Gasteiger partial charge in [-0.15, -0.1) is 11.3 Å². The smallest absolute Gasteiger partial charge is 0.261 e. The number of hydrogen-bond donors (Lipinski definition) is 2. The van der Waals surface area contributed by atoms with E-state index in [1.165, 1.54) is 11.3 Å². The Kier molecular flexibility index (Phi) is 6.01. The first-order chi connectivity index (χ1) is 13.0. The van der Waals surface area contributed by atoms with Gasteiger partial charge in [-0.25, -0.2) is 0 Å². The zero-order valence-electron chi connectivity index (χ0n) is 15.5. The monoisotopic (exact) mass is 388 g/mol. The van der Waals surface area contributed by atoms with Crippen LogP contribution in [0.1, 0.15) is 35.5 Å². The van der Waals surface area contributed by atoms with Gasteiger partial charge < -0.3 is 20.1 Å². The molecule has 0 bridgehead atoms. The topological polar surface area (TPSA) is 76.7 Å². The molecule has 144 valence electrons. The molecule has 2 aromatic rings. The summed E-state index contributed by atoms with van der Waals surface area (Å²) >= 11 is 1.41. The third-order valence-electron chi connectivity index (χ3n) is 4.50. The number of carbonyl (C=O) groups is 2. The average Bonchev–Trinajstić information content (AvgIpc) is 3.22. The molecule has 0 atom stereocenters. The quantitative estimate of drug-likeness (QED) is 0.715. The summed E-state index contributed by atoms with van der Waals surface area (Å²) in [5.41, 5.74) is 0.172. The van der Waals surface area contributed by atoms with Gasteiger partial charge in [0, 0.05) is 13.1 Å². The molecular weight excluding hydrogens is 364 g/mol. The van der Waals surface area contributed by atoms with Crippen molar-refractivity contribution >= 4 is 23.2 Å². The normalized spacial score (nSPS) is 13.1. The maximum absolute atomic E-state index is 12.6. The van der Waals surface area contributed by atoms with Gasteiger partial charge in [0.1, 0.15) is 13.2 Å². The number of fused-ring (bicyclic) bond motifs is 1. The van der Waals surface area contributed by atoms with E-state index < -0.39 is 5.41 Å². The Morgan fingerprint density at radius 3 is 2.56 bits per heavy atom. The number of thiophene rings is 1. The first-order valence-electron chi connectivity index (χ1n) is 8.98. The summed E-state index contributed by atoms with van der Waals surface area (Å²) in [4.78, 5) is 25.2. The maximum atomic E-state index is 12.6. The van der Waals surface area contributed by atoms with Crippen molar-refractivity contribution in [3.63, 3.8) is 0 Å². The molecule has 0 spiro atoms. The zero-order valence-corrected chi connectivity index (χ0v) is 16.4. The second-order valence-corrected chi connectivity index (χ2v) is 7.77. The first kappa shape index (κ1) is 19.2. The van der Waals surface area contributed by atoms with Crippen molar-refractivity contribution < 1.29 is 19.1 Å². The molecule has 6 nitrogen and oxygen atoms in total. The number of nitrogens with one attached hydrogen (secondary N) is 2. The lowest BCUT2D eigenvalue weighted by Crippen LogP contribution is -2.41. The van der Waals surface area contributed by atoms with Crippen LogP contribution in [-0.4, -0.2) is 38.1 Å². The third-order valence-corrected chi connectivity index (χ3v) is 5.37. The number of carbonyl (C=O) groups excluding carboxylic acids is 2. The molecule has 0 fully saturated rings. The fourth-order valence-electron chi connectivity index (χ4n) is 2.77. The van der Waals surface area contributed by atoms with E-state index in [9.17, 15) is 9.59 Å². The standard InChI is InChI=1S/C20H24N2O4S/c1-20(2,14-6-7-15-16(13-14)26-11-10-25-15)19(24)22-9-4-8-21-18(23)17-5-3-12-27-17/h3,5-7,12-13H,4,8-11H2,1-2H3,(H,21,23)(H,22,24). The highest BCUT2D eigenvalue weighted by Crippen LogP contribution is 2.35. The van der Waals surface area contributed by atoms with Crippen LogP contribution in [0, 0.1) is 0 Å². The average molecular weight is 388 g/mol. The van der Waals surface area contributed by atoms with E-state index in [0.717, 1.165) is 5.56 Å². The Bertz CT molecular complexity index is 802. The highest BCUT2D eigenvalue weighted by Gasteiger charge is 2.30. The van der Waals surface area contributed by atoms with Crippen molar-refractivity contribution in [3.05, 3.63) is 46.2 Å². The first-order valence-corrected chi connectivity index (χ1v) is 9.86. The van der Waals surface area contributed by atoms with E-state index in [2.05, 4.69) is 10.6 Å². The van der Waals surface area contributed by atoms with Crippen molar-refractivity contribution in [2.75, 3.05) is 26.3 Å². The molecule has 7 heteroatoms. The van der Waals surface area contributed by atoms with Crippen LogP contribution in [0.15, 0.2) is 35.7 Å². The van der Waals surface area contributed by atoms with Crippen LogP contribution >= 0.6 is 11.3 Å². The summed E-state index contributed by atoms with van der Waals surface area (Å²) in [6.07, 6.45) is 0.667. The zero-order chi connectivity index (χ0) is 19.3. The minimum absolute atomic E-state index is 0.0660. The Labute approximate surface area is 162 Å². The van der Waals surface area contributed by atoms with Crippen molar-refractivity contribution in [2.24, 2.45) is 0 Å². The molecule has 0 aliphatic carbocycles. The largest absolute Gasteiger partial charge is 0.486 e. The molecule has 1 aromatic carbocycles. The molecule has 1 aliphatic rings. The number of ether oxygens (including phenoxy) is 2. The van der Waals surface area contributed by atoms with Gasteiger partial charge in [0.05, 0.1) is 10.3 Å². The predicted molar refractivity (Wildman–Crippen MR) is 105 cm³/mol. The summed E-state index contributed by atoms with van der Waals surface area (Å²) in [6.45, 7) is 5.83. The number of hydrogen-bond acceptors (Lipinski definition) is 5. The van der Waals surface area contributed by atoms with Crippen molar-refractivity contribution in [1.82, 2.24) is 10.6 Å². The van der Waals surface area contributed by atoms with Gasteiger partial charge in [0.25, 0.3) is 5.91 Å². The molecule has 27 heavy (non-hydrogen) atoms. The van der Waals surface area contributed by atoms with E-state index in [4.69, 9.17) is 9.47 Å². The minimum Gasteiger partial charge on any atom is -0.486 e. The van der Waals surface area contributed by atoms with Crippen LogP contribution in [0.5, 0.6) is 11.5 Å². The molecule has 0 saturated carbocycles. The molecule has 3 rings (SSSR count). The molecule has 0 radical (unpaired) electrons. The lowest BCUT2D eigenvalue weighted by Gasteiger charge is -2.26. The molecule has 2 N–H and O–H groups in total. The van der Waals surface area contributed by atoms with Crippen molar-refractivity contribution in [1.29, 1.82) is 0 Å². The molecule has 2 heterocycles. The van der Waals surface area contributed by atoms with Gasteiger partial charge >= 0.3 is 0 Å². The van der Waals surface area contributed by atoms with E-state index >= 15 is 0 Å². The van der Waals surface area contributed by atoms with Gasteiger partial charge in [-0.05, 0) is 49.4 Å². The number of rotatable bonds is 7. The second-order valence-electron chi connectivity index (χ2n) is 6.83. The predicted octanol–water partition coefficient (Wildman–Crippen LogP) is 2.73. The summed E-state index contributed by atoms with van der Waals surface area (Å²) in [5, 5.41) is 7.67. The molecule has 1 aliphatic heterocycles. The van der Waals surface area contributed by atoms with E-state index in [0.29, 0.717) is 49.1 Å². The van der Waals surface area contributed by atoms with Crippen LogP contribution in [0.4, 0.5) is 0 Å². The lowest BCUT2D eigenvalue weighted by molar-refractivity contribution is -0.125. The SMILES string of the molecule is CC(C)(C(=O)NCCCNC(=O)c1cccs1)c1ccc2c(c1)OCCO2. The van der Waals surface area contributed by atoms with Gasteiger partial charge in [-0.3, -0.25) is 9.59 Å². The summed E-state index contributed by atoms with van der Waals surface area (Å²) in [6, 6.07) is 9.25. The third kappa shape index (κ3) is 4.60. The lowest BCUT2D eigenvalue weighted by atomic mass is 9.83. The van der Waals surface area contributed by atoms with Crippen molar-refractivity contribution in [2.45, 2.75) is 25.7 Å². The highest BCUT2D eigenvalue weighted by molar-refractivity contribution is 7.12. The number of amides is 2. The molecule has 0 saturated heterocycles. The Hall–Kier alpha value is -2.54. The summed E-state index contributed by atoms with van der Waals surface area (Å²) < 4.78 is 11.1. The second kappa shape index (κ2) is 8.43. The Balaban J connectivity index is 1.47. The fraction of sp³-hybridized carbons (Fsp3) is 0.400. The van der Waals surface area contributed by atoms with Crippen LogP contribution in [-0.2, 0) is 10.2 Å². The van der Waals surface area contributed by atoms with Crippen LogP contribution in [0.3, 0.4) is 0 Å². The fourth-order valence-corrected chi connectivity index (χ4v) is 3.41. The molecule has 2 amide bonds.